The number of pyridine rings is 1. The summed E-state index contributed by atoms with van der Waals surface area (Å²) in [5, 5.41) is 2.74. The Labute approximate surface area is 209 Å². The van der Waals surface area contributed by atoms with E-state index in [9.17, 15) is 9.59 Å². The first-order chi connectivity index (χ1) is 16.9. The predicted molar refractivity (Wildman–Crippen MR) is 140 cm³/mol. The molecule has 3 N–H and O–H groups in total. The number of carbonyl (C=O) groups excluding carboxylic acids is 2. The summed E-state index contributed by atoms with van der Waals surface area (Å²) in [5.41, 5.74) is 9.65. The Morgan fingerprint density at radius 1 is 1.20 bits per heavy atom. The van der Waals surface area contributed by atoms with Crippen molar-refractivity contribution in [2.45, 2.75) is 70.9 Å². The number of aryl methyl sites for hydroxylation is 2. The number of nitrogens with two attached hydrogens (primary N) is 1. The number of nitrogens with zero attached hydrogens (tertiary/aromatic N) is 3. The Kier molecular flexibility index (Phi) is 8.06. The first-order valence-corrected chi connectivity index (χ1v) is 13.0. The molecule has 188 valence electrons. The number of aromatic nitrogens is 1. The molecule has 0 aliphatic carbocycles. The minimum atomic E-state index is -0.627. The molecular weight excluding hydrogens is 438 g/mol. The smallest absolute Gasteiger partial charge is 0.313 e. The van der Waals surface area contributed by atoms with Crippen LogP contribution in [0.25, 0.3) is 0 Å². The fourth-order valence-electron chi connectivity index (χ4n) is 5.54. The van der Waals surface area contributed by atoms with Gasteiger partial charge in [0.15, 0.2) is 0 Å². The molecule has 3 atom stereocenters. The van der Waals surface area contributed by atoms with E-state index in [0.717, 1.165) is 36.8 Å². The quantitative estimate of drug-likeness (QED) is 0.609. The van der Waals surface area contributed by atoms with Crippen LogP contribution in [0.15, 0.2) is 36.5 Å². The lowest BCUT2D eigenvalue weighted by atomic mass is 9.88. The van der Waals surface area contributed by atoms with Crippen LogP contribution < -0.4 is 11.1 Å². The lowest BCUT2D eigenvalue weighted by molar-refractivity contribution is -0.146. The highest BCUT2D eigenvalue weighted by Gasteiger charge is 2.34. The molecule has 2 amide bonds. The van der Waals surface area contributed by atoms with Crippen molar-refractivity contribution in [2.75, 3.05) is 31.2 Å². The molecule has 7 heteroatoms. The van der Waals surface area contributed by atoms with E-state index in [1.54, 1.807) is 11.0 Å². The third-order valence-corrected chi connectivity index (χ3v) is 7.69. The van der Waals surface area contributed by atoms with E-state index >= 15 is 0 Å². The van der Waals surface area contributed by atoms with Gasteiger partial charge in [-0.2, -0.15) is 0 Å². The number of carbonyl (C=O) groups is 2. The minimum absolute atomic E-state index is 0.0886. The van der Waals surface area contributed by atoms with Gasteiger partial charge in [-0.15, -0.1) is 0 Å². The molecule has 1 aromatic heterocycles. The third-order valence-electron chi connectivity index (χ3n) is 7.69. The number of hydrogen-bond donors (Lipinski definition) is 2. The van der Waals surface area contributed by atoms with E-state index < -0.39 is 11.8 Å². The van der Waals surface area contributed by atoms with Gasteiger partial charge in [0.25, 0.3) is 0 Å². The molecule has 0 radical (unpaired) electrons. The number of nitrogen functional groups attached to an aromatic ring is 1. The number of benzene rings is 1. The number of likely N-dealkylation sites (tertiary alicyclic amines) is 2. The van der Waals surface area contributed by atoms with Crippen LogP contribution in [0.5, 0.6) is 0 Å². The summed E-state index contributed by atoms with van der Waals surface area (Å²) in [6.45, 7) is 5.88. The van der Waals surface area contributed by atoms with Crippen LogP contribution in [-0.4, -0.2) is 52.8 Å². The van der Waals surface area contributed by atoms with Crippen molar-refractivity contribution < 1.29 is 9.59 Å². The van der Waals surface area contributed by atoms with Crippen LogP contribution in [-0.2, 0) is 22.4 Å². The second kappa shape index (κ2) is 11.2. The van der Waals surface area contributed by atoms with Gasteiger partial charge in [-0.1, -0.05) is 38.1 Å². The summed E-state index contributed by atoms with van der Waals surface area (Å²) in [6.07, 6.45) is 8.85. The first kappa shape index (κ1) is 25.2. The summed E-state index contributed by atoms with van der Waals surface area (Å²) in [5.74, 6) is -0.317. The van der Waals surface area contributed by atoms with Crippen LogP contribution >= 0.6 is 0 Å². The van der Waals surface area contributed by atoms with Gasteiger partial charge < -0.3 is 20.9 Å². The van der Waals surface area contributed by atoms with Gasteiger partial charge >= 0.3 is 11.8 Å². The summed E-state index contributed by atoms with van der Waals surface area (Å²) < 4.78 is 0. The Bertz CT molecular complexity index is 1060. The summed E-state index contributed by atoms with van der Waals surface area (Å²) in [4.78, 5) is 34.7. The summed E-state index contributed by atoms with van der Waals surface area (Å²) >= 11 is 0. The van der Waals surface area contributed by atoms with Crippen LogP contribution in [0.2, 0.25) is 0 Å². The molecular formula is C28H39N5O2. The number of piperidine rings is 1. The highest BCUT2D eigenvalue weighted by atomic mass is 16.2. The largest absolute Gasteiger partial charge is 0.383 e. The van der Waals surface area contributed by atoms with Gasteiger partial charge in [0.05, 0.1) is 17.9 Å². The number of anilines is 2. The molecule has 0 saturated carbocycles. The Morgan fingerprint density at radius 3 is 2.77 bits per heavy atom. The minimum Gasteiger partial charge on any atom is -0.383 e. The topological polar surface area (TPSA) is 91.6 Å². The second-order valence-corrected chi connectivity index (χ2v) is 10.3. The van der Waals surface area contributed by atoms with E-state index in [1.165, 1.54) is 31.1 Å². The molecule has 3 heterocycles. The molecule has 0 spiro atoms. The van der Waals surface area contributed by atoms with Gasteiger partial charge in [0.1, 0.15) is 5.82 Å². The number of nitrogens with one attached hydrogen (secondary N) is 1. The van der Waals surface area contributed by atoms with E-state index in [1.807, 2.05) is 6.92 Å². The van der Waals surface area contributed by atoms with Crippen molar-refractivity contribution in [3.63, 3.8) is 0 Å². The highest BCUT2D eigenvalue weighted by Crippen LogP contribution is 2.34. The van der Waals surface area contributed by atoms with Crippen molar-refractivity contribution in [3.05, 3.63) is 53.2 Å². The molecule has 1 aromatic carbocycles. The average molecular weight is 478 g/mol. The van der Waals surface area contributed by atoms with Gasteiger partial charge in [0, 0.05) is 12.6 Å². The first-order valence-electron chi connectivity index (χ1n) is 13.0. The van der Waals surface area contributed by atoms with Crippen LogP contribution in [0.3, 0.4) is 0 Å². The van der Waals surface area contributed by atoms with Gasteiger partial charge in [0.2, 0.25) is 0 Å². The number of rotatable bonds is 6. The predicted octanol–water partition coefficient (Wildman–Crippen LogP) is 4.19. The Hall–Kier alpha value is -2.93. The zero-order valence-corrected chi connectivity index (χ0v) is 21.3. The second-order valence-electron chi connectivity index (χ2n) is 10.3. The summed E-state index contributed by atoms with van der Waals surface area (Å²) in [7, 11) is 2.22. The molecule has 2 aliphatic rings. The van der Waals surface area contributed by atoms with Gasteiger partial charge in [-0.25, -0.2) is 4.98 Å². The molecule has 0 unspecified atom stereocenters. The average Bonchev–Trinajstić information content (AvgIpc) is 3.28. The lowest BCUT2D eigenvalue weighted by Crippen LogP contribution is -2.46. The van der Waals surface area contributed by atoms with Crippen molar-refractivity contribution in [1.29, 1.82) is 0 Å². The van der Waals surface area contributed by atoms with E-state index in [0.29, 0.717) is 36.4 Å². The Balaban J connectivity index is 1.47. The maximum absolute atomic E-state index is 13.3. The van der Waals surface area contributed by atoms with Gasteiger partial charge in [-0.3, -0.25) is 9.59 Å². The normalized spacial score (nSPS) is 22.8. The van der Waals surface area contributed by atoms with E-state index in [2.05, 4.69) is 53.4 Å². The highest BCUT2D eigenvalue weighted by molar-refractivity contribution is 6.39. The number of hydrogen-bond acceptors (Lipinski definition) is 5. The zero-order valence-electron chi connectivity index (χ0n) is 21.3. The molecule has 7 nitrogen and oxygen atoms in total. The third kappa shape index (κ3) is 6.01. The molecule has 2 saturated heterocycles. The van der Waals surface area contributed by atoms with Crippen LogP contribution in [0.4, 0.5) is 11.5 Å². The summed E-state index contributed by atoms with van der Waals surface area (Å²) in [6, 6.07) is 11.0. The molecule has 35 heavy (non-hydrogen) atoms. The fraction of sp³-hybridized carbons (Fsp3) is 0.536. The van der Waals surface area contributed by atoms with E-state index in [-0.39, 0.29) is 6.04 Å². The number of amides is 2. The monoisotopic (exact) mass is 477 g/mol. The van der Waals surface area contributed by atoms with Crippen molar-refractivity contribution in [2.24, 2.45) is 5.92 Å². The van der Waals surface area contributed by atoms with E-state index in [4.69, 9.17) is 5.73 Å². The van der Waals surface area contributed by atoms with Crippen molar-refractivity contribution in [3.8, 4) is 0 Å². The molecule has 2 aliphatic heterocycles. The zero-order chi connectivity index (χ0) is 24.9. The lowest BCUT2D eigenvalue weighted by Gasteiger charge is -2.38. The maximum atomic E-state index is 13.3. The van der Waals surface area contributed by atoms with Crippen LogP contribution in [0, 0.1) is 5.92 Å². The molecule has 2 aromatic rings. The SMILES string of the molecule is CCc1cc(NC(=O)C(=O)N2C[C@@H](C)CC[C@@H]2c2cccc(CC[C@H]3CCCN3C)c2)cnc1N. The standard InChI is InChI=1S/C28H39N5O2/c1-4-21-16-23(17-30-26(21)29)31-27(34)28(35)33-18-19(2)10-13-25(33)22-8-5-7-20(15-22)11-12-24-9-6-14-32(24)3/h5,7-8,15-17,19,24-25H,4,6,9-14,18H2,1-3H3,(H2,29,30)(H,31,34)/t19-,24+,25+/m0/s1. The fourth-order valence-corrected chi connectivity index (χ4v) is 5.54. The maximum Gasteiger partial charge on any atom is 0.313 e. The van der Waals surface area contributed by atoms with Crippen molar-refractivity contribution >= 4 is 23.3 Å². The molecule has 2 fully saturated rings. The molecule has 0 bridgehead atoms. The van der Waals surface area contributed by atoms with Gasteiger partial charge in [-0.05, 0) is 87.2 Å². The Morgan fingerprint density at radius 2 is 2.03 bits per heavy atom. The molecule has 4 rings (SSSR count). The van der Waals surface area contributed by atoms with Crippen LogP contribution in [0.1, 0.15) is 68.7 Å². The van der Waals surface area contributed by atoms with Crippen molar-refractivity contribution in [1.82, 2.24) is 14.8 Å².